The zero-order chi connectivity index (χ0) is 19.4. The molecule has 0 aliphatic heterocycles. The third kappa shape index (κ3) is 4.72. The topological polar surface area (TPSA) is 121 Å². The van der Waals surface area contributed by atoms with Crippen molar-refractivity contribution < 1.29 is 28.0 Å². The Kier molecular flexibility index (Phi) is 5.20. The van der Waals surface area contributed by atoms with Crippen LogP contribution in [0, 0.1) is 13.8 Å². The van der Waals surface area contributed by atoms with E-state index in [1.165, 1.54) is 18.2 Å². The molecule has 1 N–H and O–H groups in total. The van der Waals surface area contributed by atoms with Crippen molar-refractivity contribution >= 4 is 28.7 Å². The zero-order valence-electron chi connectivity index (χ0n) is 14.6. The minimum atomic E-state index is -0.729. The molecule has 0 aliphatic rings. The number of ether oxygens (including phenoxy) is 2. The number of rotatable bonds is 6. The highest BCUT2D eigenvalue weighted by Crippen LogP contribution is 2.22. The molecule has 0 unspecified atom stereocenters. The minimum Gasteiger partial charge on any atom is -0.482 e. The van der Waals surface area contributed by atoms with Crippen molar-refractivity contribution in [1.29, 1.82) is 0 Å². The molecule has 2 heterocycles. The van der Waals surface area contributed by atoms with Gasteiger partial charge in [-0.15, -0.1) is 0 Å². The van der Waals surface area contributed by atoms with Crippen LogP contribution in [0.5, 0.6) is 5.75 Å². The fourth-order valence-electron chi connectivity index (χ4n) is 2.33. The summed E-state index contributed by atoms with van der Waals surface area (Å²) in [6.07, 6.45) is 0. The van der Waals surface area contributed by atoms with Crippen molar-refractivity contribution in [3.8, 4) is 5.75 Å². The van der Waals surface area contributed by atoms with Crippen LogP contribution >= 0.6 is 0 Å². The summed E-state index contributed by atoms with van der Waals surface area (Å²) in [4.78, 5) is 34.8. The largest absolute Gasteiger partial charge is 0.482 e. The van der Waals surface area contributed by atoms with E-state index in [4.69, 9.17) is 18.4 Å². The molecule has 0 saturated heterocycles. The van der Waals surface area contributed by atoms with Crippen molar-refractivity contribution in [2.24, 2.45) is 0 Å². The predicted octanol–water partition coefficient (Wildman–Crippen LogP) is 1.96. The van der Waals surface area contributed by atoms with Gasteiger partial charge in [0.05, 0.1) is 0 Å². The summed E-state index contributed by atoms with van der Waals surface area (Å²) in [6.45, 7) is 2.58. The molecule has 9 nitrogen and oxygen atoms in total. The summed E-state index contributed by atoms with van der Waals surface area (Å²) in [5, 5.41) is 6.78. The van der Waals surface area contributed by atoms with Crippen molar-refractivity contribution in [1.82, 2.24) is 5.16 Å². The van der Waals surface area contributed by atoms with Crippen LogP contribution < -0.4 is 15.7 Å². The van der Waals surface area contributed by atoms with Crippen LogP contribution in [0.4, 0.5) is 5.82 Å². The van der Waals surface area contributed by atoms with Crippen molar-refractivity contribution in [2.75, 3.05) is 18.5 Å². The number of fused-ring (bicyclic) bond motifs is 1. The highest BCUT2D eigenvalue weighted by atomic mass is 16.6. The minimum absolute atomic E-state index is 0.234. The lowest BCUT2D eigenvalue weighted by Gasteiger charge is -2.08. The maximum absolute atomic E-state index is 11.7. The number of nitrogens with zero attached hydrogens (tertiary/aromatic N) is 1. The van der Waals surface area contributed by atoms with Crippen LogP contribution in [0.2, 0.25) is 0 Å². The van der Waals surface area contributed by atoms with Crippen LogP contribution in [0.3, 0.4) is 0 Å². The molecule has 3 rings (SSSR count). The number of benzene rings is 1. The van der Waals surface area contributed by atoms with Crippen LogP contribution in [-0.4, -0.2) is 30.2 Å². The van der Waals surface area contributed by atoms with Gasteiger partial charge in [0.25, 0.3) is 5.91 Å². The molecule has 0 atom stereocenters. The summed E-state index contributed by atoms with van der Waals surface area (Å²) in [5.41, 5.74) is 0.665. The van der Waals surface area contributed by atoms with Crippen molar-refractivity contribution in [3.63, 3.8) is 0 Å². The van der Waals surface area contributed by atoms with Crippen LogP contribution in [0.15, 0.2) is 44.1 Å². The summed E-state index contributed by atoms with van der Waals surface area (Å²) < 4.78 is 20.0. The molecular weight excluding hydrogens is 356 g/mol. The highest BCUT2D eigenvalue weighted by molar-refractivity contribution is 5.92. The highest BCUT2D eigenvalue weighted by Gasteiger charge is 2.11. The number of carbonyl (C=O) groups excluding carboxylic acids is 2. The summed E-state index contributed by atoms with van der Waals surface area (Å²) in [6, 6.07) is 7.80. The standard InChI is InChI=1S/C18H16N2O7/c1-10-5-17(22)26-14-7-12(3-4-13(10)14)24-9-18(23)25-8-16(21)19-15-6-11(2)27-20-15/h3-7H,8-9H2,1-2H3,(H,19,20,21). The van der Waals surface area contributed by atoms with Gasteiger partial charge in [0.1, 0.15) is 17.1 Å². The Morgan fingerprint density at radius 2 is 1.96 bits per heavy atom. The molecule has 0 saturated carbocycles. The summed E-state index contributed by atoms with van der Waals surface area (Å²) in [7, 11) is 0. The van der Waals surface area contributed by atoms with E-state index in [9.17, 15) is 14.4 Å². The second-order valence-corrected chi connectivity index (χ2v) is 5.73. The average molecular weight is 372 g/mol. The van der Waals surface area contributed by atoms with E-state index < -0.39 is 30.7 Å². The molecule has 2 aromatic heterocycles. The third-order valence-electron chi connectivity index (χ3n) is 3.54. The lowest BCUT2D eigenvalue weighted by atomic mass is 10.1. The third-order valence-corrected chi connectivity index (χ3v) is 3.54. The van der Waals surface area contributed by atoms with Crippen LogP contribution in [-0.2, 0) is 14.3 Å². The summed E-state index contributed by atoms with van der Waals surface area (Å²) >= 11 is 0. The molecule has 0 bridgehead atoms. The van der Waals surface area contributed by atoms with E-state index in [1.54, 1.807) is 26.0 Å². The quantitative estimate of drug-likeness (QED) is 0.515. The van der Waals surface area contributed by atoms with Crippen LogP contribution in [0.1, 0.15) is 11.3 Å². The number of nitrogens with one attached hydrogen (secondary N) is 1. The zero-order valence-corrected chi connectivity index (χ0v) is 14.6. The maximum Gasteiger partial charge on any atom is 0.344 e. The first kappa shape index (κ1) is 18.2. The van der Waals surface area contributed by atoms with Gasteiger partial charge in [-0.2, -0.15) is 0 Å². The number of aryl methyl sites for hydroxylation is 2. The van der Waals surface area contributed by atoms with Gasteiger partial charge in [-0.25, -0.2) is 9.59 Å². The number of amides is 1. The molecular formula is C18H16N2O7. The van der Waals surface area contributed by atoms with Crippen molar-refractivity contribution in [2.45, 2.75) is 13.8 Å². The van der Waals surface area contributed by atoms with Crippen molar-refractivity contribution in [3.05, 3.63) is 52.1 Å². The number of hydrogen-bond acceptors (Lipinski definition) is 8. The second kappa shape index (κ2) is 7.73. The molecule has 9 heteroatoms. The van der Waals surface area contributed by atoms with Gasteiger partial charge in [0, 0.05) is 23.6 Å². The monoisotopic (exact) mass is 372 g/mol. The lowest BCUT2D eigenvalue weighted by Crippen LogP contribution is -2.23. The number of esters is 1. The Hall–Kier alpha value is -3.62. The molecule has 1 amide bonds. The van der Waals surface area contributed by atoms with Gasteiger partial charge < -0.3 is 23.7 Å². The number of anilines is 1. The van der Waals surface area contributed by atoms with E-state index >= 15 is 0 Å². The van der Waals surface area contributed by atoms with Gasteiger partial charge in [-0.3, -0.25) is 4.79 Å². The normalized spacial score (nSPS) is 10.6. The Balaban J connectivity index is 1.50. The molecule has 1 aromatic carbocycles. The summed E-state index contributed by atoms with van der Waals surface area (Å²) in [5.74, 6) is -0.183. The molecule has 0 fully saturated rings. The second-order valence-electron chi connectivity index (χ2n) is 5.73. The fourth-order valence-corrected chi connectivity index (χ4v) is 2.33. The average Bonchev–Trinajstić information content (AvgIpc) is 3.02. The van der Waals surface area contributed by atoms with E-state index in [2.05, 4.69) is 10.5 Å². The van der Waals surface area contributed by atoms with Crippen LogP contribution in [0.25, 0.3) is 11.0 Å². The Bertz CT molecular complexity index is 1050. The Morgan fingerprint density at radius 1 is 1.15 bits per heavy atom. The van der Waals surface area contributed by atoms with E-state index in [0.717, 1.165) is 10.9 Å². The van der Waals surface area contributed by atoms with E-state index in [0.29, 0.717) is 17.1 Å². The smallest absolute Gasteiger partial charge is 0.344 e. The van der Waals surface area contributed by atoms with E-state index in [1.807, 2.05) is 0 Å². The number of carbonyl (C=O) groups is 2. The maximum atomic E-state index is 11.7. The van der Waals surface area contributed by atoms with Gasteiger partial charge >= 0.3 is 11.6 Å². The first-order chi connectivity index (χ1) is 12.9. The van der Waals surface area contributed by atoms with Gasteiger partial charge in [0.15, 0.2) is 19.0 Å². The predicted molar refractivity (Wildman–Crippen MR) is 93.5 cm³/mol. The SMILES string of the molecule is Cc1cc(NC(=O)COC(=O)COc2ccc3c(C)cc(=O)oc3c2)no1. The molecule has 27 heavy (non-hydrogen) atoms. The molecule has 0 radical (unpaired) electrons. The number of hydrogen-bond donors (Lipinski definition) is 1. The lowest BCUT2D eigenvalue weighted by molar-refractivity contribution is -0.149. The van der Waals surface area contributed by atoms with Gasteiger partial charge in [-0.1, -0.05) is 5.16 Å². The first-order valence-electron chi connectivity index (χ1n) is 7.97. The van der Waals surface area contributed by atoms with Gasteiger partial charge in [-0.05, 0) is 31.5 Å². The molecule has 140 valence electrons. The molecule has 0 spiro atoms. The Labute approximate surface area is 152 Å². The number of aromatic nitrogens is 1. The fraction of sp³-hybridized carbons (Fsp3) is 0.222. The first-order valence-corrected chi connectivity index (χ1v) is 7.97. The Morgan fingerprint density at radius 3 is 2.70 bits per heavy atom. The van der Waals surface area contributed by atoms with Gasteiger partial charge in [0.2, 0.25) is 0 Å². The van der Waals surface area contributed by atoms with E-state index in [-0.39, 0.29) is 5.82 Å². The molecule has 0 aliphatic carbocycles. The molecule has 3 aromatic rings.